The van der Waals surface area contributed by atoms with Crippen LogP contribution in [0.15, 0.2) is 42.9 Å². The summed E-state index contributed by atoms with van der Waals surface area (Å²) in [6.07, 6.45) is 4.03. The minimum Gasteiger partial charge on any atom is -0.465 e. The molecule has 3 atom stereocenters. The summed E-state index contributed by atoms with van der Waals surface area (Å²) in [5, 5.41) is 10.9. The molecule has 2 aliphatic rings. The number of hydrogen-bond donors (Lipinski definition) is 2. The Balaban J connectivity index is 1.64. The molecule has 9 nitrogen and oxygen atoms in total. The van der Waals surface area contributed by atoms with E-state index in [0.717, 1.165) is 35.3 Å². The lowest BCUT2D eigenvalue weighted by Crippen LogP contribution is -2.53. The molecule has 0 saturated carbocycles. The Bertz CT molecular complexity index is 1150. The smallest absolute Gasteiger partial charge is 0.407 e. The minimum absolute atomic E-state index is 0.0476. The number of ether oxygens (including phenoxy) is 1. The third-order valence-corrected chi connectivity index (χ3v) is 6.48. The van der Waals surface area contributed by atoms with Crippen molar-refractivity contribution < 1.29 is 19.4 Å². The highest BCUT2D eigenvalue weighted by Gasteiger charge is 2.50. The van der Waals surface area contributed by atoms with Crippen LogP contribution in [0.5, 0.6) is 0 Å². The Hall–Kier alpha value is -3.62. The Morgan fingerprint density at radius 2 is 2.06 bits per heavy atom. The van der Waals surface area contributed by atoms with Gasteiger partial charge in [0.15, 0.2) is 0 Å². The van der Waals surface area contributed by atoms with Gasteiger partial charge < -0.3 is 24.6 Å². The number of hydrogen-bond acceptors (Lipinski definition) is 6. The number of benzene rings is 1. The van der Waals surface area contributed by atoms with Crippen LogP contribution in [0.4, 0.5) is 10.6 Å². The monoisotopic (exact) mass is 421 g/mol. The van der Waals surface area contributed by atoms with Crippen LogP contribution in [0.1, 0.15) is 34.7 Å². The second kappa shape index (κ2) is 7.57. The van der Waals surface area contributed by atoms with E-state index in [1.165, 1.54) is 18.3 Å². The summed E-state index contributed by atoms with van der Waals surface area (Å²) >= 11 is 0. The van der Waals surface area contributed by atoms with Crippen molar-refractivity contribution in [1.29, 1.82) is 0 Å². The average molecular weight is 421 g/mol. The van der Waals surface area contributed by atoms with E-state index in [1.807, 2.05) is 24.4 Å². The van der Waals surface area contributed by atoms with Gasteiger partial charge in [-0.3, -0.25) is 0 Å². The summed E-state index contributed by atoms with van der Waals surface area (Å²) in [5.41, 5.74) is 2.02. The van der Waals surface area contributed by atoms with Gasteiger partial charge in [-0.25, -0.2) is 19.6 Å². The van der Waals surface area contributed by atoms with Crippen molar-refractivity contribution in [1.82, 2.24) is 19.9 Å². The van der Waals surface area contributed by atoms with Crippen LogP contribution in [0.2, 0.25) is 0 Å². The summed E-state index contributed by atoms with van der Waals surface area (Å²) in [7, 11) is 1.36. The van der Waals surface area contributed by atoms with Crippen molar-refractivity contribution in [2.75, 3.05) is 25.1 Å². The topological polar surface area (TPSA) is 112 Å². The third kappa shape index (κ3) is 3.08. The Kier molecular flexibility index (Phi) is 4.72. The van der Waals surface area contributed by atoms with Crippen LogP contribution < -0.4 is 4.90 Å². The summed E-state index contributed by atoms with van der Waals surface area (Å²) < 4.78 is 5.00. The molecule has 2 N–H and O–H groups in total. The first-order valence-corrected chi connectivity index (χ1v) is 10.3. The van der Waals surface area contributed by atoms with Gasteiger partial charge >= 0.3 is 12.1 Å². The fraction of sp³-hybridized carbons (Fsp3) is 0.364. The van der Waals surface area contributed by atoms with Gasteiger partial charge in [0.25, 0.3) is 0 Å². The molecule has 1 aromatic carbocycles. The molecule has 0 spiro atoms. The molecule has 1 amide bonds. The largest absolute Gasteiger partial charge is 0.465 e. The number of esters is 1. The van der Waals surface area contributed by atoms with Crippen molar-refractivity contribution in [3.05, 3.63) is 54.0 Å². The number of nitrogens with one attached hydrogen (secondary N) is 1. The van der Waals surface area contributed by atoms with Gasteiger partial charge in [-0.05, 0) is 30.5 Å². The number of piperidine rings is 1. The predicted molar refractivity (Wildman–Crippen MR) is 113 cm³/mol. The number of carbonyl (C=O) groups is 2. The summed E-state index contributed by atoms with van der Waals surface area (Å²) in [4.78, 5) is 40.3. The first kappa shape index (κ1) is 19.3. The number of amides is 1. The zero-order valence-electron chi connectivity index (χ0n) is 17.1. The minimum atomic E-state index is -0.938. The quantitative estimate of drug-likeness (QED) is 0.626. The van der Waals surface area contributed by atoms with E-state index < -0.39 is 12.1 Å². The van der Waals surface area contributed by atoms with Crippen molar-refractivity contribution in [2.45, 2.75) is 30.8 Å². The number of methoxy groups -OCH3 is 1. The average Bonchev–Trinajstić information content (AvgIpc) is 3.43. The summed E-state index contributed by atoms with van der Waals surface area (Å²) in [6, 6.07) is 8.91. The fourth-order valence-corrected chi connectivity index (χ4v) is 5.23. The number of rotatable bonds is 3. The lowest BCUT2D eigenvalue weighted by molar-refractivity contribution is 0.0598. The maximum atomic E-state index is 12.5. The van der Waals surface area contributed by atoms with Crippen molar-refractivity contribution in [3.8, 4) is 0 Å². The molecule has 160 valence electrons. The predicted octanol–water partition coefficient (Wildman–Crippen LogP) is 2.86. The first-order chi connectivity index (χ1) is 15.1. The highest BCUT2D eigenvalue weighted by atomic mass is 16.5. The number of carbonyl (C=O) groups excluding carboxylic acids is 1. The number of fused-ring (bicyclic) bond motifs is 2. The molecule has 3 unspecified atom stereocenters. The molecular weight excluding hydrogens is 398 g/mol. The van der Waals surface area contributed by atoms with Crippen LogP contribution in [0.3, 0.4) is 0 Å². The number of aromatic amines is 1. The fourth-order valence-electron chi connectivity index (χ4n) is 5.23. The normalized spacial score (nSPS) is 23.1. The van der Waals surface area contributed by atoms with Gasteiger partial charge in [0, 0.05) is 25.2 Å². The van der Waals surface area contributed by atoms with Gasteiger partial charge in [0.2, 0.25) is 0 Å². The van der Waals surface area contributed by atoms with E-state index in [0.29, 0.717) is 18.7 Å². The molecule has 5 rings (SSSR count). The van der Waals surface area contributed by atoms with Crippen molar-refractivity contribution >= 4 is 28.9 Å². The molecule has 3 aromatic rings. The maximum absolute atomic E-state index is 12.5. The Labute approximate surface area is 178 Å². The second-order valence-electron chi connectivity index (χ2n) is 7.95. The van der Waals surface area contributed by atoms with E-state index in [4.69, 9.17) is 4.74 Å². The SMILES string of the molecule is COC(=O)c1ccccc1C1CN(c2ncnc3[nH]ccc23)C2CCCN(C(=O)O)C12. The number of anilines is 1. The van der Waals surface area contributed by atoms with Gasteiger partial charge in [-0.2, -0.15) is 0 Å². The summed E-state index contributed by atoms with van der Waals surface area (Å²) in [6.45, 7) is 1.02. The van der Waals surface area contributed by atoms with Gasteiger partial charge in [-0.1, -0.05) is 18.2 Å². The molecule has 2 aliphatic heterocycles. The summed E-state index contributed by atoms with van der Waals surface area (Å²) in [5.74, 6) is 0.172. The molecule has 2 aromatic heterocycles. The Morgan fingerprint density at radius 1 is 1.23 bits per heavy atom. The van der Waals surface area contributed by atoms with Gasteiger partial charge in [0.05, 0.1) is 30.1 Å². The molecule has 31 heavy (non-hydrogen) atoms. The molecule has 2 saturated heterocycles. The molecule has 0 aliphatic carbocycles. The number of likely N-dealkylation sites (tertiary alicyclic amines) is 1. The lowest BCUT2D eigenvalue weighted by atomic mass is 9.84. The van der Waals surface area contributed by atoms with Gasteiger partial charge in [-0.15, -0.1) is 0 Å². The molecular formula is C22H23N5O4. The van der Waals surface area contributed by atoms with E-state index in [-0.39, 0.29) is 18.0 Å². The standard InChI is InChI=1S/C22H23N5O4/c1-31-21(28)14-6-3-2-5-13(14)16-11-27(17-7-4-10-26(18(16)17)22(29)30)20-15-8-9-23-19(15)24-12-25-20/h2-3,5-6,8-9,12,16-18H,4,7,10-11H2,1H3,(H,29,30)(H,23,24,25). The number of nitrogens with zero attached hydrogens (tertiary/aromatic N) is 4. The zero-order chi connectivity index (χ0) is 21.5. The van der Waals surface area contributed by atoms with Crippen LogP contribution in [0, 0.1) is 0 Å². The van der Waals surface area contributed by atoms with Crippen molar-refractivity contribution in [3.63, 3.8) is 0 Å². The van der Waals surface area contributed by atoms with Crippen LogP contribution in [0.25, 0.3) is 11.0 Å². The third-order valence-electron chi connectivity index (χ3n) is 6.48. The van der Waals surface area contributed by atoms with E-state index in [2.05, 4.69) is 19.9 Å². The highest BCUT2D eigenvalue weighted by Crippen LogP contribution is 2.44. The van der Waals surface area contributed by atoms with Crippen LogP contribution in [-0.2, 0) is 4.74 Å². The number of aromatic nitrogens is 3. The molecule has 2 fully saturated rings. The number of carboxylic acid groups (broad SMARTS) is 1. The van der Waals surface area contributed by atoms with Crippen LogP contribution in [-0.4, -0.2) is 69.3 Å². The molecule has 4 heterocycles. The molecule has 0 bridgehead atoms. The molecule has 0 radical (unpaired) electrons. The number of H-pyrrole nitrogens is 1. The Morgan fingerprint density at radius 3 is 2.87 bits per heavy atom. The lowest BCUT2D eigenvalue weighted by Gasteiger charge is -2.40. The first-order valence-electron chi connectivity index (χ1n) is 10.3. The molecule has 9 heteroatoms. The van der Waals surface area contributed by atoms with E-state index >= 15 is 0 Å². The van der Waals surface area contributed by atoms with Crippen LogP contribution >= 0.6 is 0 Å². The van der Waals surface area contributed by atoms with E-state index in [1.54, 1.807) is 12.1 Å². The second-order valence-corrected chi connectivity index (χ2v) is 7.95. The highest BCUT2D eigenvalue weighted by molar-refractivity contribution is 5.92. The maximum Gasteiger partial charge on any atom is 0.407 e. The van der Waals surface area contributed by atoms with Crippen molar-refractivity contribution in [2.24, 2.45) is 0 Å². The van der Waals surface area contributed by atoms with Gasteiger partial charge in [0.1, 0.15) is 17.8 Å². The van der Waals surface area contributed by atoms with E-state index in [9.17, 15) is 14.7 Å². The zero-order valence-corrected chi connectivity index (χ0v) is 17.1.